The quantitative estimate of drug-likeness (QED) is 0.517. The fraction of sp³-hybridized carbons (Fsp3) is 0.667. The van der Waals surface area contributed by atoms with Gasteiger partial charge in [0.05, 0.1) is 6.61 Å². The second-order valence-corrected chi connectivity index (χ2v) is 3.16. The van der Waals surface area contributed by atoms with Crippen LogP contribution in [0, 0.1) is 5.92 Å². The molecule has 0 heterocycles. The highest BCUT2D eigenvalue weighted by Crippen LogP contribution is 2.04. The van der Waals surface area contributed by atoms with Crippen LogP contribution in [0.25, 0.3) is 0 Å². The highest BCUT2D eigenvalue weighted by molar-refractivity contribution is 6.19. The summed E-state index contributed by atoms with van der Waals surface area (Å²) in [5.41, 5.74) is 0. The molecule has 76 valence electrons. The van der Waals surface area contributed by atoms with Gasteiger partial charge in [-0.15, -0.1) is 18.2 Å². The number of rotatable bonds is 6. The molecule has 0 aromatic rings. The van der Waals surface area contributed by atoms with Gasteiger partial charge in [0, 0.05) is 24.9 Å². The lowest BCUT2D eigenvalue weighted by Crippen LogP contribution is -2.37. The second kappa shape index (κ2) is 6.92. The molecular weight excluding hydrogens is 190 g/mol. The van der Waals surface area contributed by atoms with Gasteiger partial charge in [-0.2, -0.15) is 0 Å². The highest BCUT2D eigenvalue weighted by atomic mass is 35.5. The predicted molar refractivity (Wildman–Crippen MR) is 53.7 cm³/mol. The van der Waals surface area contributed by atoms with Crippen LogP contribution in [0.15, 0.2) is 12.7 Å². The van der Waals surface area contributed by atoms with Gasteiger partial charge < -0.3 is 10.0 Å². The second-order valence-electron chi connectivity index (χ2n) is 2.85. The van der Waals surface area contributed by atoms with E-state index < -0.39 is 0 Å². The highest BCUT2D eigenvalue weighted by Gasteiger charge is 2.17. The Labute approximate surface area is 84.0 Å². The van der Waals surface area contributed by atoms with Crippen LogP contribution >= 0.6 is 11.6 Å². The van der Waals surface area contributed by atoms with Gasteiger partial charge in [-0.3, -0.25) is 4.79 Å². The van der Waals surface area contributed by atoms with E-state index >= 15 is 0 Å². The van der Waals surface area contributed by atoms with Crippen LogP contribution in [0.4, 0.5) is 0 Å². The Morgan fingerprint density at radius 3 is 2.77 bits per heavy atom. The van der Waals surface area contributed by atoms with E-state index in [2.05, 4.69) is 6.58 Å². The molecule has 1 atom stereocenters. The fourth-order valence-electron chi connectivity index (χ4n) is 0.946. The molecule has 0 radical (unpaired) electrons. The van der Waals surface area contributed by atoms with Gasteiger partial charge in [0.1, 0.15) is 0 Å². The van der Waals surface area contributed by atoms with Crippen LogP contribution in [0.2, 0.25) is 0 Å². The third-order valence-corrected chi connectivity index (χ3v) is 2.15. The maximum Gasteiger partial charge on any atom is 0.226 e. The van der Waals surface area contributed by atoms with Crippen molar-refractivity contribution in [3.63, 3.8) is 0 Å². The lowest BCUT2D eigenvalue weighted by molar-refractivity contribution is -0.134. The number of aliphatic hydroxyl groups excluding tert-OH is 1. The van der Waals surface area contributed by atoms with Crippen molar-refractivity contribution >= 4 is 17.5 Å². The summed E-state index contributed by atoms with van der Waals surface area (Å²) in [6.45, 7) is 6.07. The van der Waals surface area contributed by atoms with Crippen molar-refractivity contribution in [1.29, 1.82) is 0 Å². The van der Waals surface area contributed by atoms with Crippen molar-refractivity contribution in [3.8, 4) is 0 Å². The zero-order valence-corrected chi connectivity index (χ0v) is 8.63. The SMILES string of the molecule is C=CCN(CCO)C(=O)C(C)CCl. The summed E-state index contributed by atoms with van der Waals surface area (Å²) in [7, 11) is 0. The van der Waals surface area contributed by atoms with E-state index in [4.69, 9.17) is 16.7 Å². The fourth-order valence-corrected chi connectivity index (χ4v) is 1.08. The molecule has 0 rings (SSSR count). The summed E-state index contributed by atoms with van der Waals surface area (Å²) in [4.78, 5) is 13.1. The smallest absolute Gasteiger partial charge is 0.226 e. The van der Waals surface area contributed by atoms with Crippen LogP contribution in [-0.2, 0) is 4.79 Å². The van der Waals surface area contributed by atoms with Crippen molar-refractivity contribution in [2.75, 3.05) is 25.6 Å². The van der Waals surface area contributed by atoms with Gasteiger partial charge in [-0.1, -0.05) is 13.0 Å². The molecule has 1 amide bonds. The summed E-state index contributed by atoms with van der Waals surface area (Å²) in [5.74, 6) is 0.0647. The molecule has 0 aromatic heterocycles. The first-order valence-corrected chi connectivity index (χ1v) is 4.77. The van der Waals surface area contributed by atoms with E-state index in [0.717, 1.165) is 0 Å². The van der Waals surface area contributed by atoms with Gasteiger partial charge in [0.25, 0.3) is 0 Å². The Kier molecular flexibility index (Phi) is 6.63. The summed E-state index contributed by atoms with van der Waals surface area (Å²) >= 11 is 5.56. The van der Waals surface area contributed by atoms with E-state index in [1.807, 2.05) is 0 Å². The number of nitrogens with zero attached hydrogens (tertiary/aromatic N) is 1. The number of amides is 1. The summed E-state index contributed by atoms with van der Waals surface area (Å²) in [6, 6.07) is 0. The van der Waals surface area contributed by atoms with E-state index in [1.165, 1.54) is 0 Å². The van der Waals surface area contributed by atoms with Gasteiger partial charge in [-0.25, -0.2) is 0 Å². The van der Waals surface area contributed by atoms with Crippen molar-refractivity contribution in [1.82, 2.24) is 4.90 Å². The molecule has 1 unspecified atom stereocenters. The third kappa shape index (κ3) is 4.29. The molecule has 0 fully saturated rings. The van der Waals surface area contributed by atoms with Crippen LogP contribution in [0.1, 0.15) is 6.92 Å². The minimum absolute atomic E-state index is 0.0331. The average Bonchev–Trinajstić information content (AvgIpc) is 2.15. The van der Waals surface area contributed by atoms with Crippen LogP contribution in [0.5, 0.6) is 0 Å². The number of hydrogen-bond acceptors (Lipinski definition) is 2. The Hall–Kier alpha value is -0.540. The summed E-state index contributed by atoms with van der Waals surface area (Å²) in [6.07, 6.45) is 1.63. The monoisotopic (exact) mass is 205 g/mol. The molecule has 0 aliphatic heterocycles. The van der Waals surface area contributed by atoms with Crippen molar-refractivity contribution in [2.45, 2.75) is 6.92 Å². The van der Waals surface area contributed by atoms with Gasteiger partial charge in [0.15, 0.2) is 0 Å². The number of hydrogen-bond donors (Lipinski definition) is 1. The number of carbonyl (C=O) groups excluding carboxylic acids is 1. The van der Waals surface area contributed by atoms with Crippen LogP contribution in [0.3, 0.4) is 0 Å². The van der Waals surface area contributed by atoms with Crippen LogP contribution < -0.4 is 0 Å². The standard InChI is InChI=1S/C9H16ClNO2/c1-3-4-11(5-6-12)9(13)8(2)7-10/h3,8,12H,1,4-7H2,2H3. The predicted octanol–water partition coefficient (Wildman–Crippen LogP) is 0.868. The maximum atomic E-state index is 11.5. The molecule has 0 saturated carbocycles. The third-order valence-electron chi connectivity index (χ3n) is 1.68. The molecule has 0 saturated heterocycles. The first-order chi connectivity index (χ1) is 6.17. The molecular formula is C9H16ClNO2. The van der Waals surface area contributed by atoms with Crippen LogP contribution in [-0.4, -0.2) is 41.5 Å². The molecule has 0 spiro atoms. The zero-order valence-electron chi connectivity index (χ0n) is 7.87. The number of alkyl halides is 1. The number of aliphatic hydroxyl groups is 1. The minimum Gasteiger partial charge on any atom is -0.395 e. The Bertz CT molecular complexity index is 173. The Morgan fingerprint density at radius 2 is 2.38 bits per heavy atom. The van der Waals surface area contributed by atoms with Gasteiger partial charge in [-0.05, 0) is 0 Å². The van der Waals surface area contributed by atoms with Crippen molar-refractivity contribution in [3.05, 3.63) is 12.7 Å². The number of halogens is 1. The molecule has 0 aliphatic rings. The minimum atomic E-state index is -0.201. The maximum absolute atomic E-state index is 11.5. The summed E-state index contributed by atoms with van der Waals surface area (Å²) in [5, 5.41) is 8.71. The van der Waals surface area contributed by atoms with E-state index in [-0.39, 0.29) is 18.4 Å². The molecule has 3 nitrogen and oxygen atoms in total. The van der Waals surface area contributed by atoms with E-state index in [0.29, 0.717) is 19.0 Å². The van der Waals surface area contributed by atoms with Crippen molar-refractivity contribution < 1.29 is 9.90 Å². The van der Waals surface area contributed by atoms with Gasteiger partial charge in [0.2, 0.25) is 5.91 Å². The first kappa shape index (κ1) is 12.5. The largest absolute Gasteiger partial charge is 0.395 e. The lowest BCUT2D eigenvalue weighted by atomic mass is 10.2. The normalized spacial score (nSPS) is 12.2. The topological polar surface area (TPSA) is 40.5 Å². The molecule has 0 aromatic carbocycles. The lowest BCUT2D eigenvalue weighted by Gasteiger charge is -2.22. The molecule has 4 heteroatoms. The summed E-state index contributed by atoms with van der Waals surface area (Å²) < 4.78 is 0. The van der Waals surface area contributed by atoms with E-state index in [9.17, 15) is 4.79 Å². The number of carbonyl (C=O) groups is 1. The van der Waals surface area contributed by atoms with Gasteiger partial charge >= 0.3 is 0 Å². The van der Waals surface area contributed by atoms with Crippen molar-refractivity contribution in [2.24, 2.45) is 5.92 Å². The average molecular weight is 206 g/mol. The Balaban J connectivity index is 4.17. The molecule has 0 aliphatic carbocycles. The Morgan fingerprint density at radius 1 is 1.77 bits per heavy atom. The molecule has 0 bridgehead atoms. The first-order valence-electron chi connectivity index (χ1n) is 4.23. The zero-order chi connectivity index (χ0) is 10.3. The van der Waals surface area contributed by atoms with E-state index in [1.54, 1.807) is 17.9 Å². The molecule has 13 heavy (non-hydrogen) atoms. The molecule has 1 N–H and O–H groups in total.